The molecular formula is C21H27N5O4. The monoisotopic (exact) mass is 413 g/mol. The van der Waals surface area contributed by atoms with E-state index in [0.29, 0.717) is 25.6 Å². The highest BCUT2D eigenvalue weighted by atomic mass is 16.5. The highest BCUT2D eigenvalue weighted by Gasteiger charge is 2.22. The molecule has 9 nitrogen and oxygen atoms in total. The van der Waals surface area contributed by atoms with Gasteiger partial charge in [0.15, 0.2) is 0 Å². The average molecular weight is 413 g/mol. The van der Waals surface area contributed by atoms with Crippen LogP contribution in [0.4, 0.5) is 5.82 Å². The van der Waals surface area contributed by atoms with Crippen LogP contribution in [0, 0.1) is 0 Å². The Bertz CT molecular complexity index is 889. The van der Waals surface area contributed by atoms with E-state index in [1.807, 2.05) is 6.07 Å². The number of aliphatic hydroxyl groups excluding tert-OH is 1. The third-order valence-electron chi connectivity index (χ3n) is 5.29. The Morgan fingerprint density at radius 1 is 1.33 bits per heavy atom. The molecular weight excluding hydrogens is 386 g/mol. The lowest BCUT2D eigenvalue weighted by molar-refractivity contribution is 0.0209. The van der Waals surface area contributed by atoms with Crippen molar-refractivity contribution in [2.75, 3.05) is 45.3 Å². The van der Waals surface area contributed by atoms with Gasteiger partial charge in [0, 0.05) is 32.2 Å². The van der Waals surface area contributed by atoms with E-state index in [4.69, 9.17) is 9.47 Å². The zero-order valence-electron chi connectivity index (χ0n) is 17.0. The van der Waals surface area contributed by atoms with Crippen LogP contribution in [0.1, 0.15) is 21.6 Å². The quantitative estimate of drug-likeness (QED) is 0.572. The van der Waals surface area contributed by atoms with Gasteiger partial charge in [-0.25, -0.2) is 0 Å². The molecule has 3 heterocycles. The number of methoxy groups -OCH3 is 1. The van der Waals surface area contributed by atoms with Crippen LogP contribution >= 0.6 is 0 Å². The topological polar surface area (TPSA) is 109 Å². The summed E-state index contributed by atoms with van der Waals surface area (Å²) in [6.45, 7) is 3.54. The summed E-state index contributed by atoms with van der Waals surface area (Å²) in [6.07, 6.45) is 0.297. The van der Waals surface area contributed by atoms with E-state index in [0.717, 1.165) is 19.5 Å². The molecule has 0 bridgehead atoms. The highest BCUT2D eigenvalue weighted by molar-refractivity contribution is 5.93. The smallest absolute Gasteiger partial charge is 0.318 e. The van der Waals surface area contributed by atoms with Gasteiger partial charge in [-0.15, -0.1) is 0 Å². The Kier molecular flexibility index (Phi) is 6.41. The number of aromatic nitrogens is 2. The molecule has 30 heavy (non-hydrogen) atoms. The Labute approximate surface area is 175 Å². The molecule has 0 aliphatic carbocycles. The van der Waals surface area contributed by atoms with E-state index in [-0.39, 0.29) is 30.2 Å². The summed E-state index contributed by atoms with van der Waals surface area (Å²) < 4.78 is 10.2. The number of carbonyl (C=O) groups is 1. The molecule has 160 valence electrons. The molecule has 1 saturated heterocycles. The molecule has 1 aromatic carbocycles. The number of β-amino-alcohol motifs (C(OH)–C–C–N with tert-alkyl or cyclic N) is 1. The van der Waals surface area contributed by atoms with Crippen molar-refractivity contribution in [1.29, 1.82) is 0 Å². The van der Waals surface area contributed by atoms with E-state index in [9.17, 15) is 9.90 Å². The predicted octanol–water partition coefficient (Wildman–Crippen LogP) is 0.445. The number of amides is 1. The number of anilines is 1. The number of hydrogen-bond acceptors (Lipinski definition) is 8. The molecule has 1 aromatic heterocycles. The Morgan fingerprint density at radius 2 is 2.13 bits per heavy atom. The summed E-state index contributed by atoms with van der Waals surface area (Å²) in [4.78, 5) is 23.1. The first-order valence-electron chi connectivity index (χ1n) is 10.1. The minimum absolute atomic E-state index is 0.109. The maximum atomic E-state index is 12.6. The summed E-state index contributed by atoms with van der Waals surface area (Å²) in [5, 5.41) is 16.4. The summed E-state index contributed by atoms with van der Waals surface area (Å²) in [5.74, 6) is 0.125. The molecule has 2 aliphatic rings. The lowest BCUT2D eigenvalue weighted by Gasteiger charge is -2.30. The highest BCUT2D eigenvalue weighted by Crippen LogP contribution is 2.18. The number of nitrogens with zero attached hydrogens (tertiary/aromatic N) is 3. The van der Waals surface area contributed by atoms with Gasteiger partial charge in [0.1, 0.15) is 11.5 Å². The Morgan fingerprint density at radius 3 is 2.87 bits per heavy atom. The number of fused-ring (bicyclic) bond motifs is 1. The average Bonchev–Trinajstić information content (AvgIpc) is 2.74. The second-order valence-electron chi connectivity index (χ2n) is 7.62. The summed E-state index contributed by atoms with van der Waals surface area (Å²) in [7, 11) is 1.45. The van der Waals surface area contributed by atoms with Crippen LogP contribution in [0.5, 0.6) is 6.01 Å². The first-order chi connectivity index (χ1) is 14.6. The maximum Gasteiger partial charge on any atom is 0.318 e. The van der Waals surface area contributed by atoms with Crippen molar-refractivity contribution in [2.45, 2.75) is 25.1 Å². The van der Waals surface area contributed by atoms with Crippen molar-refractivity contribution >= 4 is 11.7 Å². The van der Waals surface area contributed by atoms with E-state index >= 15 is 0 Å². The molecule has 4 rings (SSSR count). The van der Waals surface area contributed by atoms with Crippen LogP contribution < -0.4 is 15.4 Å². The summed E-state index contributed by atoms with van der Waals surface area (Å²) in [5.41, 5.74) is 2.85. The predicted molar refractivity (Wildman–Crippen MR) is 111 cm³/mol. The van der Waals surface area contributed by atoms with Gasteiger partial charge < -0.3 is 25.2 Å². The number of aliphatic hydroxyl groups is 1. The fraction of sp³-hybridized carbons (Fsp3) is 0.476. The van der Waals surface area contributed by atoms with E-state index < -0.39 is 6.10 Å². The molecule has 0 spiro atoms. The molecule has 0 unspecified atom stereocenters. The van der Waals surface area contributed by atoms with Crippen molar-refractivity contribution in [2.24, 2.45) is 0 Å². The summed E-state index contributed by atoms with van der Waals surface area (Å²) >= 11 is 0. The van der Waals surface area contributed by atoms with Crippen LogP contribution in [-0.4, -0.2) is 78.0 Å². The Balaban J connectivity index is 1.30. The number of ether oxygens (including phenoxy) is 2. The molecule has 1 atom stereocenters. The lowest BCUT2D eigenvalue weighted by Crippen LogP contribution is -2.42. The number of nitrogens with one attached hydrogen (secondary N) is 2. The Hall–Kier alpha value is -2.75. The number of hydrogen-bond donors (Lipinski definition) is 3. The van der Waals surface area contributed by atoms with Crippen LogP contribution in [0.2, 0.25) is 0 Å². The van der Waals surface area contributed by atoms with Gasteiger partial charge in [0.25, 0.3) is 5.91 Å². The molecule has 9 heteroatoms. The third kappa shape index (κ3) is 5.05. The van der Waals surface area contributed by atoms with E-state index in [1.54, 1.807) is 6.07 Å². The molecule has 3 N–H and O–H groups in total. The SMILES string of the molecule is COc1nc(NC2COC2)cc(C(=O)NC[C@H](O)CN2CCc3ccccc3C2)n1. The zero-order chi connectivity index (χ0) is 20.9. The van der Waals surface area contributed by atoms with Crippen molar-refractivity contribution in [3.8, 4) is 6.01 Å². The van der Waals surface area contributed by atoms with Gasteiger partial charge in [-0.05, 0) is 17.5 Å². The van der Waals surface area contributed by atoms with Gasteiger partial charge in [0.2, 0.25) is 0 Å². The van der Waals surface area contributed by atoms with Crippen LogP contribution in [-0.2, 0) is 17.7 Å². The standard InChI is InChI=1S/C21H27N5O4/c1-29-21-24-18(8-19(25-21)23-16-12-30-13-16)20(28)22-9-17(27)11-26-7-6-14-4-2-3-5-15(14)10-26/h2-5,8,16-17,27H,6-7,9-13H2,1H3,(H,22,28)(H,23,24,25)/t17-/m0/s1. The molecule has 1 fully saturated rings. The third-order valence-corrected chi connectivity index (χ3v) is 5.29. The van der Waals surface area contributed by atoms with E-state index in [1.165, 1.54) is 18.2 Å². The first kappa shape index (κ1) is 20.5. The van der Waals surface area contributed by atoms with Gasteiger partial charge in [-0.1, -0.05) is 24.3 Å². The van der Waals surface area contributed by atoms with Crippen molar-refractivity contribution < 1.29 is 19.4 Å². The second-order valence-corrected chi connectivity index (χ2v) is 7.62. The van der Waals surface area contributed by atoms with Gasteiger partial charge >= 0.3 is 6.01 Å². The maximum absolute atomic E-state index is 12.6. The molecule has 1 amide bonds. The minimum atomic E-state index is -0.673. The number of rotatable bonds is 8. The first-order valence-corrected chi connectivity index (χ1v) is 10.1. The second kappa shape index (κ2) is 9.38. The normalized spacial score (nSPS) is 17.5. The van der Waals surface area contributed by atoms with Crippen LogP contribution in [0.25, 0.3) is 0 Å². The van der Waals surface area contributed by atoms with Crippen LogP contribution in [0.3, 0.4) is 0 Å². The van der Waals surface area contributed by atoms with Crippen molar-refractivity contribution in [3.05, 3.63) is 47.2 Å². The molecule has 0 saturated carbocycles. The van der Waals surface area contributed by atoms with Gasteiger partial charge in [0.05, 0.1) is 32.5 Å². The fourth-order valence-electron chi connectivity index (χ4n) is 3.61. The molecule has 2 aromatic rings. The molecule has 0 radical (unpaired) electrons. The zero-order valence-corrected chi connectivity index (χ0v) is 17.0. The largest absolute Gasteiger partial charge is 0.467 e. The number of benzene rings is 1. The number of carbonyl (C=O) groups excluding carboxylic acids is 1. The van der Waals surface area contributed by atoms with Gasteiger partial charge in [-0.2, -0.15) is 9.97 Å². The van der Waals surface area contributed by atoms with Crippen molar-refractivity contribution in [1.82, 2.24) is 20.2 Å². The minimum Gasteiger partial charge on any atom is -0.467 e. The van der Waals surface area contributed by atoms with Gasteiger partial charge in [-0.3, -0.25) is 9.69 Å². The summed E-state index contributed by atoms with van der Waals surface area (Å²) in [6, 6.07) is 10.2. The van der Waals surface area contributed by atoms with Crippen molar-refractivity contribution in [3.63, 3.8) is 0 Å². The molecule has 2 aliphatic heterocycles. The van der Waals surface area contributed by atoms with E-state index in [2.05, 4.69) is 43.7 Å². The fourth-order valence-corrected chi connectivity index (χ4v) is 3.61. The lowest BCUT2D eigenvalue weighted by atomic mass is 10.00. The van der Waals surface area contributed by atoms with Crippen LogP contribution in [0.15, 0.2) is 30.3 Å².